The zero-order valence-corrected chi connectivity index (χ0v) is 18.7. The van der Waals surface area contributed by atoms with Gasteiger partial charge in [0, 0.05) is 45.0 Å². The van der Waals surface area contributed by atoms with Crippen LogP contribution in [0, 0.1) is 13.8 Å². The summed E-state index contributed by atoms with van der Waals surface area (Å²) in [6, 6.07) is 2.27. The first-order chi connectivity index (χ1) is 14.9. The van der Waals surface area contributed by atoms with Crippen LogP contribution >= 0.6 is 0 Å². The largest absolute Gasteiger partial charge is 0.466 e. The normalized spacial score (nSPS) is 17.8. The number of rotatable bonds is 4. The molecule has 3 amide bonds. The molecule has 1 aliphatic carbocycles. The minimum Gasteiger partial charge on any atom is -0.466 e. The van der Waals surface area contributed by atoms with E-state index in [1.807, 2.05) is 31.9 Å². The number of nitrogens with one attached hydrogen (secondary N) is 1. The first kappa shape index (κ1) is 21.4. The molecule has 1 N–H and O–H groups in total. The average Bonchev–Trinajstić information content (AvgIpc) is 3.08. The van der Waals surface area contributed by atoms with Gasteiger partial charge in [0.15, 0.2) is 12.3 Å². The Morgan fingerprint density at radius 2 is 1.77 bits per heavy atom. The van der Waals surface area contributed by atoms with Gasteiger partial charge < -0.3 is 19.9 Å². The molecule has 4 rings (SSSR count). The molecule has 2 aromatic rings. The molecule has 3 heterocycles. The minimum absolute atomic E-state index is 0.00604. The molecule has 31 heavy (non-hydrogen) atoms. The molecule has 168 valence electrons. The molecule has 9 heteroatoms. The third-order valence-electron chi connectivity index (χ3n) is 6.27. The molecule has 2 aliphatic rings. The number of aryl methyl sites for hydroxylation is 3. The highest BCUT2D eigenvalue weighted by Gasteiger charge is 2.26. The van der Waals surface area contributed by atoms with E-state index in [0.717, 1.165) is 35.1 Å². The Kier molecular flexibility index (Phi) is 6.29. The summed E-state index contributed by atoms with van der Waals surface area (Å²) in [7, 11) is 1.82. The Labute approximate surface area is 182 Å². The molecule has 2 fully saturated rings. The highest BCUT2D eigenvalue weighted by molar-refractivity contribution is 5.86. The molecule has 9 nitrogen and oxygen atoms in total. The number of pyridine rings is 1. The van der Waals surface area contributed by atoms with E-state index in [9.17, 15) is 9.59 Å². The molecule has 0 bridgehead atoms. The molecular formula is C22H32N6O3. The molecule has 1 aliphatic heterocycles. The van der Waals surface area contributed by atoms with Crippen molar-refractivity contribution in [2.45, 2.75) is 52.0 Å². The molecule has 0 atom stereocenters. The van der Waals surface area contributed by atoms with Crippen LogP contribution in [0.5, 0.6) is 5.88 Å². The number of piperazine rings is 1. The molecular weight excluding hydrogens is 396 g/mol. The van der Waals surface area contributed by atoms with Crippen molar-refractivity contribution in [2.24, 2.45) is 7.05 Å². The van der Waals surface area contributed by atoms with Crippen molar-refractivity contribution < 1.29 is 14.3 Å². The molecule has 0 radical (unpaired) electrons. The standard InChI is InChI=1S/C22H32N6O3/c1-15-13-16(2)23-20-19(15)21(25-26(20)3)31-14-18(29)27-9-11-28(12-10-27)22(30)24-17-7-5-4-6-8-17/h13,17H,4-12,14H2,1-3H3,(H,24,30). The summed E-state index contributed by atoms with van der Waals surface area (Å²) in [4.78, 5) is 33.3. The number of amides is 3. The number of hydrogen-bond acceptors (Lipinski definition) is 5. The van der Waals surface area contributed by atoms with Crippen LogP contribution in [0.1, 0.15) is 43.4 Å². The van der Waals surface area contributed by atoms with Gasteiger partial charge in [0.25, 0.3) is 5.91 Å². The fraction of sp³-hybridized carbons (Fsp3) is 0.636. The summed E-state index contributed by atoms with van der Waals surface area (Å²) in [5, 5.41) is 8.39. The van der Waals surface area contributed by atoms with Crippen LogP contribution in [0.25, 0.3) is 11.0 Å². The van der Waals surface area contributed by atoms with Gasteiger partial charge in [-0.15, -0.1) is 5.10 Å². The lowest BCUT2D eigenvalue weighted by atomic mass is 9.96. The van der Waals surface area contributed by atoms with Crippen molar-refractivity contribution in [3.05, 3.63) is 17.3 Å². The Morgan fingerprint density at radius 1 is 1.10 bits per heavy atom. The van der Waals surface area contributed by atoms with E-state index < -0.39 is 0 Å². The Hall–Kier alpha value is -2.84. The van der Waals surface area contributed by atoms with E-state index in [-0.39, 0.29) is 18.5 Å². The third kappa shape index (κ3) is 4.75. The smallest absolute Gasteiger partial charge is 0.317 e. The van der Waals surface area contributed by atoms with Crippen molar-refractivity contribution >= 4 is 23.0 Å². The van der Waals surface area contributed by atoms with Gasteiger partial charge in [-0.2, -0.15) is 0 Å². The van der Waals surface area contributed by atoms with E-state index in [4.69, 9.17) is 4.74 Å². The van der Waals surface area contributed by atoms with E-state index in [2.05, 4.69) is 15.4 Å². The lowest BCUT2D eigenvalue weighted by molar-refractivity contribution is -0.134. The molecule has 0 unspecified atom stereocenters. The zero-order chi connectivity index (χ0) is 22.0. The first-order valence-electron chi connectivity index (χ1n) is 11.2. The fourth-order valence-electron chi connectivity index (χ4n) is 4.54. The van der Waals surface area contributed by atoms with Gasteiger partial charge in [-0.05, 0) is 38.3 Å². The average molecular weight is 429 g/mol. The maximum Gasteiger partial charge on any atom is 0.317 e. The molecule has 2 aromatic heterocycles. The molecule has 1 saturated carbocycles. The fourth-order valence-corrected chi connectivity index (χ4v) is 4.54. The number of carbonyl (C=O) groups is 2. The summed E-state index contributed by atoms with van der Waals surface area (Å²) in [6.07, 6.45) is 5.78. The maximum absolute atomic E-state index is 12.7. The molecule has 1 saturated heterocycles. The van der Waals surface area contributed by atoms with Gasteiger partial charge in [0.05, 0.1) is 5.39 Å². The number of hydrogen-bond donors (Lipinski definition) is 1. The van der Waals surface area contributed by atoms with Gasteiger partial charge in [0.1, 0.15) is 0 Å². The number of aromatic nitrogens is 3. The zero-order valence-electron chi connectivity index (χ0n) is 18.7. The summed E-state index contributed by atoms with van der Waals surface area (Å²) < 4.78 is 7.47. The number of urea groups is 1. The summed E-state index contributed by atoms with van der Waals surface area (Å²) in [5.41, 5.74) is 2.69. The van der Waals surface area contributed by atoms with E-state index in [0.29, 0.717) is 38.1 Å². The van der Waals surface area contributed by atoms with Crippen LogP contribution in [0.15, 0.2) is 6.07 Å². The number of fused-ring (bicyclic) bond motifs is 1. The van der Waals surface area contributed by atoms with E-state index in [1.165, 1.54) is 19.3 Å². The second-order valence-corrected chi connectivity index (χ2v) is 8.65. The van der Waals surface area contributed by atoms with Crippen LogP contribution in [-0.2, 0) is 11.8 Å². The quantitative estimate of drug-likeness (QED) is 0.806. The Bertz CT molecular complexity index is 958. The summed E-state index contributed by atoms with van der Waals surface area (Å²) >= 11 is 0. The lowest BCUT2D eigenvalue weighted by Crippen LogP contribution is -2.55. The van der Waals surface area contributed by atoms with Crippen molar-refractivity contribution in [3.8, 4) is 5.88 Å². The van der Waals surface area contributed by atoms with Gasteiger partial charge in [0.2, 0.25) is 5.88 Å². The number of carbonyl (C=O) groups excluding carboxylic acids is 2. The first-order valence-corrected chi connectivity index (χ1v) is 11.2. The second-order valence-electron chi connectivity index (χ2n) is 8.65. The second kappa shape index (κ2) is 9.11. The predicted octanol–water partition coefficient (Wildman–Crippen LogP) is 2.15. The summed E-state index contributed by atoms with van der Waals surface area (Å²) in [6.45, 7) is 5.97. The molecule has 0 aromatic carbocycles. The van der Waals surface area contributed by atoms with Crippen LogP contribution in [0.2, 0.25) is 0 Å². The van der Waals surface area contributed by atoms with Crippen molar-refractivity contribution in [1.82, 2.24) is 29.9 Å². The van der Waals surface area contributed by atoms with Crippen LogP contribution in [-0.4, -0.2) is 75.3 Å². The third-order valence-corrected chi connectivity index (χ3v) is 6.27. The highest BCUT2D eigenvalue weighted by Crippen LogP contribution is 2.27. The monoisotopic (exact) mass is 428 g/mol. The SMILES string of the molecule is Cc1cc(C)c2c(OCC(=O)N3CCN(C(=O)NC4CCCCC4)CC3)nn(C)c2n1. The molecule has 0 spiro atoms. The van der Waals surface area contributed by atoms with Gasteiger partial charge in [-0.25, -0.2) is 14.5 Å². The van der Waals surface area contributed by atoms with Crippen LogP contribution < -0.4 is 10.1 Å². The maximum atomic E-state index is 12.7. The van der Waals surface area contributed by atoms with E-state index in [1.54, 1.807) is 9.58 Å². The van der Waals surface area contributed by atoms with Gasteiger partial charge >= 0.3 is 6.03 Å². The van der Waals surface area contributed by atoms with Crippen molar-refractivity contribution in [2.75, 3.05) is 32.8 Å². The number of nitrogens with zero attached hydrogens (tertiary/aromatic N) is 5. The summed E-state index contributed by atoms with van der Waals surface area (Å²) in [5.74, 6) is 0.338. The lowest BCUT2D eigenvalue weighted by Gasteiger charge is -2.36. The van der Waals surface area contributed by atoms with Crippen LogP contribution in [0.3, 0.4) is 0 Å². The number of ether oxygens (including phenoxy) is 1. The van der Waals surface area contributed by atoms with Crippen molar-refractivity contribution in [1.29, 1.82) is 0 Å². The highest BCUT2D eigenvalue weighted by atomic mass is 16.5. The minimum atomic E-state index is -0.0936. The van der Waals surface area contributed by atoms with Gasteiger partial charge in [-0.3, -0.25) is 4.79 Å². The van der Waals surface area contributed by atoms with E-state index >= 15 is 0 Å². The van der Waals surface area contributed by atoms with Crippen LogP contribution in [0.4, 0.5) is 4.79 Å². The predicted molar refractivity (Wildman–Crippen MR) is 117 cm³/mol. The Balaban J connectivity index is 1.29. The topological polar surface area (TPSA) is 92.6 Å². The van der Waals surface area contributed by atoms with Gasteiger partial charge in [-0.1, -0.05) is 19.3 Å². The Morgan fingerprint density at radius 3 is 2.48 bits per heavy atom. The van der Waals surface area contributed by atoms with Crippen molar-refractivity contribution in [3.63, 3.8) is 0 Å².